The molecular weight excluding hydrogens is 210 g/mol. The van der Waals surface area contributed by atoms with Crippen LogP contribution in [0, 0.1) is 0 Å². The Morgan fingerprint density at radius 2 is 1.69 bits per heavy atom. The summed E-state index contributed by atoms with van der Waals surface area (Å²) in [7, 11) is -1.01. The van der Waals surface area contributed by atoms with E-state index in [1.807, 2.05) is 0 Å². The predicted octanol–water partition coefficient (Wildman–Crippen LogP) is 3.78. The van der Waals surface area contributed by atoms with Crippen LogP contribution in [0.2, 0.25) is 11.6 Å². The lowest BCUT2D eigenvalue weighted by Crippen LogP contribution is -2.50. The molecule has 1 N–H and O–H groups in total. The molecule has 1 aliphatic rings. The quantitative estimate of drug-likeness (QED) is 0.721. The van der Waals surface area contributed by atoms with E-state index < -0.39 is 8.96 Å². The summed E-state index contributed by atoms with van der Waals surface area (Å²) >= 11 is 0. The van der Waals surface area contributed by atoms with Crippen molar-refractivity contribution < 1.29 is 0 Å². The van der Waals surface area contributed by atoms with Gasteiger partial charge in [-0.3, -0.25) is 0 Å². The van der Waals surface area contributed by atoms with Crippen molar-refractivity contribution in [3.8, 4) is 0 Å². The Hall–Kier alpha value is -0.343. The third-order valence-corrected chi connectivity index (χ3v) is 7.73. The summed E-state index contributed by atoms with van der Waals surface area (Å²) in [6, 6.07) is 0. The fourth-order valence-corrected chi connectivity index (χ4v) is 5.58. The molecule has 0 aromatic carbocycles. The smallest absolute Gasteiger partial charge is 0.120 e. The second-order valence-electron chi connectivity index (χ2n) is 6.48. The van der Waals surface area contributed by atoms with Gasteiger partial charge in [0.15, 0.2) is 0 Å². The lowest BCUT2D eigenvalue weighted by Gasteiger charge is -2.36. The lowest BCUT2D eigenvalue weighted by molar-refractivity contribution is 0.510. The third-order valence-electron chi connectivity index (χ3n) is 4.03. The predicted molar refractivity (Wildman–Crippen MR) is 76.4 cm³/mol. The Kier molecular flexibility index (Phi) is 3.56. The first-order chi connectivity index (χ1) is 7.08. The summed E-state index contributed by atoms with van der Waals surface area (Å²) in [5, 5.41) is 0.307. The molecule has 16 heavy (non-hydrogen) atoms. The first-order valence-corrected chi connectivity index (χ1v) is 8.54. The van der Waals surface area contributed by atoms with Gasteiger partial charge in [0.25, 0.3) is 0 Å². The van der Waals surface area contributed by atoms with Gasteiger partial charge in [-0.15, -0.1) is 0 Å². The van der Waals surface area contributed by atoms with E-state index in [1.54, 1.807) is 5.57 Å². The molecule has 2 heteroatoms. The summed E-state index contributed by atoms with van der Waals surface area (Å²) in [4.78, 5) is 3.83. The average Bonchev–Trinajstić information content (AvgIpc) is 2.29. The van der Waals surface area contributed by atoms with E-state index in [4.69, 9.17) is 0 Å². The second kappa shape index (κ2) is 4.15. The molecule has 0 heterocycles. The van der Waals surface area contributed by atoms with E-state index in [2.05, 4.69) is 66.1 Å². The molecule has 0 bridgehead atoms. The third kappa shape index (κ3) is 2.49. The topological polar surface area (TPSA) is 12.0 Å². The Morgan fingerprint density at radius 3 is 2.00 bits per heavy atom. The second-order valence-corrected chi connectivity index (χ2v) is 9.41. The van der Waals surface area contributed by atoms with Gasteiger partial charge in [0.1, 0.15) is 8.96 Å². The van der Waals surface area contributed by atoms with Crippen molar-refractivity contribution in [2.45, 2.75) is 65.6 Å². The lowest BCUT2D eigenvalue weighted by atomic mass is 10.0. The Morgan fingerprint density at radius 1 is 1.19 bits per heavy atom. The van der Waals surface area contributed by atoms with Gasteiger partial charge in [0, 0.05) is 10.6 Å². The van der Waals surface area contributed by atoms with Crippen LogP contribution in [-0.4, -0.2) is 14.5 Å². The molecule has 0 amide bonds. The van der Waals surface area contributed by atoms with Gasteiger partial charge in [-0.25, -0.2) is 0 Å². The SMILES string of the molecule is CC1=CC(C)([SiH](C)NC(C)(C)C)C(C)=C1C. The normalized spacial score (nSPS) is 28.4. The molecule has 1 aliphatic carbocycles. The van der Waals surface area contributed by atoms with E-state index in [0.29, 0.717) is 5.04 Å². The highest BCUT2D eigenvalue weighted by Gasteiger charge is 2.38. The van der Waals surface area contributed by atoms with Gasteiger partial charge in [0.05, 0.1) is 0 Å². The molecule has 1 rings (SSSR count). The maximum absolute atomic E-state index is 3.83. The minimum Gasteiger partial charge on any atom is -0.334 e. The van der Waals surface area contributed by atoms with E-state index >= 15 is 0 Å². The van der Waals surface area contributed by atoms with Crippen LogP contribution in [0.25, 0.3) is 0 Å². The van der Waals surface area contributed by atoms with Crippen LogP contribution in [0.3, 0.4) is 0 Å². The molecule has 0 spiro atoms. The van der Waals surface area contributed by atoms with Gasteiger partial charge in [-0.2, -0.15) is 0 Å². The zero-order valence-electron chi connectivity index (χ0n) is 12.2. The molecule has 0 fully saturated rings. The molecule has 92 valence electrons. The highest BCUT2D eigenvalue weighted by Crippen LogP contribution is 2.48. The number of nitrogens with one attached hydrogen (secondary N) is 1. The summed E-state index contributed by atoms with van der Waals surface area (Å²) in [6.45, 7) is 18.4. The Labute approximate surface area is 103 Å². The van der Waals surface area contributed by atoms with Crippen LogP contribution in [0.15, 0.2) is 22.8 Å². The van der Waals surface area contributed by atoms with Crippen LogP contribution < -0.4 is 4.98 Å². The van der Waals surface area contributed by atoms with Crippen LogP contribution in [-0.2, 0) is 0 Å². The largest absolute Gasteiger partial charge is 0.334 e. The molecule has 0 saturated carbocycles. The first kappa shape index (κ1) is 13.7. The van der Waals surface area contributed by atoms with Gasteiger partial charge in [-0.05, 0) is 47.1 Å². The molecule has 0 aromatic rings. The van der Waals surface area contributed by atoms with Crippen molar-refractivity contribution in [1.29, 1.82) is 0 Å². The van der Waals surface area contributed by atoms with Gasteiger partial charge in [-0.1, -0.05) is 30.7 Å². The van der Waals surface area contributed by atoms with Crippen LogP contribution >= 0.6 is 0 Å². The summed E-state index contributed by atoms with van der Waals surface area (Å²) in [5.74, 6) is 0. The van der Waals surface area contributed by atoms with Crippen molar-refractivity contribution >= 4 is 8.96 Å². The number of allylic oxidation sites excluding steroid dienone is 4. The molecule has 0 aliphatic heterocycles. The van der Waals surface area contributed by atoms with E-state index in [1.165, 1.54) is 11.1 Å². The van der Waals surface area contributed by atoms with E-state index in [9.17, 15) is 0 Å². The molecule has 0 aromatic heterocycles. The highest BCUT2D eigenvalue weighted by molar-refractivity contribution is 6.60. The average molecular weight is 237 g/mol. The summed E-state index contributed by atoms with van der Waals surface area (Å²) in [6.07, 6.45) is 2.48. The van der Waals surface area contributed by atoms with E-state index in [0.717, 1.165) is 0 Å². The Balaban J connectivity index is 2.97. The minimum absolute atomic E-state index is 0.229. The first-order valence-electron chi connectivity index (χ1n) is 6.23. The molecule has 0 radical (unpaired) electrons. The van der Waals surface area contributed by atoms with Gasteiger partial charge >= 0.3 is 0 Å². The van der Waals surface area contributed by atoms with Crippen LogP contribution in [0.4, 0.5) is 0 Å². The van der Waals surface area contributed by atoms with E-state index in [-0.39, 0.29) is 5.54 Å². The zero-order chi connectivity index (χ0) is 12.7. The molecule has 2 unspecified atom stereocenters. The molecular formula is C14H27NSi. The maximum atomic E-state index is 3.83. The van der Waals surface area contributed by atoms with Crippen molar-refractivity contribution in [3.63, 3.8) is 0 Å². The molecule has 0 saturated heterocycles. The number of rotatable bonds is 2. The minimum atomic E-state index is -1.01. The maximum Gasteiger partial charge on any atom is 0.120 e. The zero-order valence-corrected chi connectivity index (χ0v) is 13.3. The standard InChI is InChI=1S/C14H27NSi/c1-10-9-14(7,12(3)11(10)2)16(8)15-13(4,5)6/h9,15-16H,1-8H3. The summed E-state index contributed by atoms with van der Waals surface area (Å²) < 4.78 is 0. The fraction of sp³-hybridized carbons (Fsp3) is 0.714. The Bertz CT molecular complexity index is 346. The molecule has 1 nitrogen and oxygen atoms in total. The van der Waals surface area contributed by atoms with Gasteiger partial charge in [0.2, 0.25) is 0 Å². The monoisotopic (exact) mass is 237 g/mol. The van der Waals surface area contributed by atoms with Gasteiger partial charge < -0.3 is 4.98 Å². The van der Waals surface area contributed by atoms with Crippen LogP contribution in [0.5, 0.6) is 0 Å². The number of hydrogen-bond acceptors (Lipinski definition) is 1. The van der Waals surface area contributed by atoms with Crippen molar-refractivity contribution in [2.24, 2.45) is 0 Å². The van der Waals surface area contributed by atoms with Crippen LogP contribution in [0.1, 0.15) is 48.5 Å². The molecule has 2 atom stereocenters. The van der Waals surface area contributed by atoms with Crippen molar-refractivity contribution in [1.82, 2.24) is 4.98 Å². The highest BCUT2D eigenvalue weighted by atomic mass is 28.3. The van der Waals surface area contributed by atoms with Crippen molar-refractivity contribution in [2.75, 3.05) is 0 Å². The summed E-state index contributed by atoms with van der Waals surface area (Å²) in [5.41, 5.74) is 4.77. The number of hydrogen-bond donors (Lipinski definition) is 1. The fourth-order valence-electron chi connectivity index (χ4n) is 2.62. The van der Waals surface area contributed by atoms with Crippen molar-refractivity contribution in [3.05, 3.63) is 22.8 Å².